The summed E-state index contributed by atoms with van der Waals surface area (Å²) in [5.41, 5.74) is -0.0656. The van der Waals surface area contributed by atoms with Crippen LogP contribution in [0.2, 0.25) is 5.02 Å². The third kappa shape index (κ3) is 6.05. The fourth-order valence-electron chi connectivity index (χ4n) is 8.23. The summed E-state index contributed by atoms with van der Waals surface area (Å²) in [7, 11) is 0. The molecule has 1 N–H and O–H groups in total. The number of benzene rings is 2. The topological polar surface area (TPSA) is 99.6 Å². The van der Waals surface area contributed by atoms with Crippen LogP contribution in [-0.2, 0) is 19.1 Å². The van der Waals surface area contributed by atoms with E-state index in [1.54, 1.807) is 32.9 Å². The molecule has 2 unspecified atom stereocenters. The zero-order valence-electron chi connectivity index (χ0n) is 28.3. The molecule has 0 saturated carbocycles. The first kappa shape index (κ1) is 35.6. The number of likely N-dealkylation sites (tertiary alicyclic amines) is 1. The van der Waals surface area contributed by atoms with Crippen molar-refractivity contribution in [3.8, 4) is 5.75 Å². The molecule has 0 aromatic heterocycles. The van der Waals surface area contributed by atoms with E-state index < -0.39 is 29.1 Å². The molecule has 5 atom stereocenters. The number of halogens is 1. The van der Waals surface area contributed by atoms with Crippen molar-refractivity contribution in [2.24, 2.45) is 11.8 Å². The monoisotopic (exact) mass is 677 g/mol. The van der Waals surface area contributed by atoms with Gasteiger partial charge in [-0.1, -0.05) is 42.8 Å². The van der Waals surface area contributed by atoms with Gasteiger partial charge in [0.05, 0.1) is 34.8 Å². The van der Waals surface area contributed by atoms with Crippen molar-refractivity contribution in [2.45, 2.75) is 76.5 Å². The van der Waals surface area contributed by atoms with Gasteiger partial charge in [0.2, 0.25) is 11.8 Å². The molecule has 5 rings (SSSR count). The molecule has 3 saturated heterocycles. The number of hydrogen-bond acceptors (Lipinski definition) is 6. The predicted octanol–water partition coefficient (Wildman–Crippen LogP) is 6.10. The molecule has 3 fully saturated rings. The third-order valence-electron chi connectivity index (χ3n) is 10.3. The van der Waals surface area contributed by atoms with E-state index in [9.17, 15) is 14.7 Å². The van der Waals surface area contributed by atoms with Crippen LogP contribution < -0.4 is 14.5 Å². The highest BCUT2D eigenvalue weighted by Crippen LogP contribution is 2.65. The molecule has 1 spiro atoms. The van der Waals surface area contributed by atoms with Crippen LogP contribution in [0.5, 0.6) is 5.75 Å². The second kappa shape index (κ2) is 14.8. The van der Waals surface area contributed by atoms with Crippen LogP contribution in [-0.4, -0.2) is 77.8 Å². The maximum Gasteiger partial charge on any atom is 0.253 e. The quantitative estimate of drug-likeness (QED) is 0.170. The highest BCUT2D eigenvalue weighted by molar-refractivity contribution is 6.34. The number of anilines is 2. The van der Waals surface area contributed by atoms with Crippen molar-refractivity contribution in [1.29, 1.82) is 0 Å². The average molecular weight is 678 g/mol. The van der Waals surface area contributed by atoms with Crippen molar-refractivity contribution in [3.63, 3.8) is 0 Å². The molecule has 2 bridgehead atoms. The fraction of sp³-hybridized carbons (Fsp3) is 0.500. The third-order valence-corrected chi connectivity index (χ3v) is 10.6. The van der Waals surface area contributed by atoms with Gasteiger partial charge in [-0.15, -0.1) is 13.2 Å². The lowest BCUT2D eigenvalue weighted by atomic mass is 9.64. The molecule has 3 heterocycles. The van der Waals surface area contributed by atoms with Gasteiger partial charge in [-0.3, -0.25) is 14.4 Å². The number of carbonyl (C=O) groups excluding carboxylic acids is 3. The van der Waals surface area contributed by atoms with Crippen LogP contribution in [0, 0.1) is 18.8 Å². The number of rotatable bonds is 16. The first-order chi connectivity index (χ1) is 23.1. The van der Waals surface area contributed by atoms with Crippen molar-refractivity contribution in [1.82, 2.24) is 4.90 Å². The zero-order valence-corrected chi connectivity index (χ0v) is 29.1. The Morgan fingerprint density at radius 2 is 1.75 bits per heavy atom. The van der Waals surface area contributed by atoms with E-state index in [1.165, 1.54) is 0 Å². The SMILES string of the molecule is C=CCN(C(=O)[C@H]1[C@H]2C(=O)N(CCCCCO)C(C(=O)N(CC=C)c3c(C)cccc3Cl)C23CC[C@]1(CC)O3)c1ccc(OCC)cc1. The molecule has 3 amide bonds. The summed E-state index contributed by atoms with van der Waals surface area (Å²) in [5.74, 6) is -1.73. The number of nitrogens with zero attached hydrogens (tertiary/aromatic N) is 3. The molecule has 2 aromatic rings. The van der Waals surface area contributed by atoms with Gasteiger partial charge in [0.25, 0.3) is 5.91 Å². The molecule has 3 aliphatic heterocycles. The summed E-state index contributed by atoms with van der Waals surface area (Å²) in [5, 5.41) is 9.84. The summed E-state index contributed by atoms with van der Waals surface area (Å²) in [6.45, 7) is 14.9. The smallest absolute Gasteiger partial charge is 0.253 e. The lowest BCUT2D eigenvalue weighted by Crippen LogP contribution is -2.57. The number of carbonyl (C=O) groups is 3. The van der Waals surface area contributed by atoms with Crippen LogP contribution in [0.3, 0.4) is 0 Å². The van der Waals surface area contributed by atoms with Crippen molar-refractivity contribution in [2.75, 3.05) is 42.6 Å². The largest absolute Gasteiger partial charge is 0.494 e. The van der Waals surface area contributed by atoms with Crippen molar-refractivity contribution >= 4 is 40.7 Å². The zero-order chi connectivity index (χ0) is 34.6. The van der Waals surface area contributed by atoms with E-state index in [0.29, 0.717) is 73.8 Å². The minimum Gasteiger partial charge on any atom is -0.494 e. The lowest BCUT2D eigenvalue weighted by molar-refractivity contribution is -0.146. The molecule has 258 valence electrons. The maximum absolute atomic E-state index is 15.0. The van der Waals surface area contributed by atoms with Crippen molar-refractivity contribution < 1.29 is 29.0 Å². The molecule has 3 aliphatic rings. The molecule has 2 aromatic carbocycles. The van der Waals surface area contributed by atoms with Crippen LogP contribution in [0.15, 0.2) is 67.8 Å². The second-order valence-corrected chi connectivity index (χ2v) is 13.4. The number of aryl methyl sites for hydroxylation is 1. The summed E-state index contributed by atoms with van der Waals surface area (Å²) < 4.78 is 12.7. The fourth-order valence-corrected chi connectivity index (χ4v) is 8.55. The Hall–Kier alpha value is -3.66. The molecule has 0 aliphatic carbocycles. The normalized spacial score (nSPS) is 25.6. The van der Waals surface area contributed by atoms with Gasteiger partial charge in [0.15, 0.2) is 0 Å². The summed E-state index contributed by atoms with van der Waals surface area (Å²) >= 11 is 6.71. The number of amides is 3. The van der Waals surface area contributed by atoms with Crippen LogP contribution in [0.1, 0.15) is 57.9 Å². The van der Waals surface area contributed by atoms with E-state index in [2.05, 4.69) is 13.2 Å². The molecule has 0 radical (unpaired) electrons. The Bertz CT molecular complexity index is 1510. The molecule has 9 nitrogen and oxygen atoms in total. The molecular formula is C38H48ClN3O6. The van der Waals surface area contributed by atoms with E-state index >= 15 is 4.79 Å². The number of ether oxygens (including phenoxy) is 2. The Labute approximate surface area is 289 Å². The molecular weight excluding hydrogens is 630 g/mol. The van der Waals surface area contributed by atoms with Crippen molar-refractivity contribution in [3.05, 3.63) is 78.4 Å². The van der Waals surface area contributed by atoms with Gasteiger partial charge in [-0.2, -0.15) is 0 Å². The van der Waals surface area contributed by atoms with E-state index in [-0.39, 0.29) is 37.4 Å². The maximum atomic E-state index is 15.0. The van der Waals surface area contributed by atoms with E-state index in [4.69, 9.17) is 21.1 Å². The van der Waals surface area contributed by atoms with Gasteiger partial charge in [0.1, 0.15) is 17.4 Å². The van der Waals surface area contributed by atoms with Gasteiger partial charge in [-0.05, 0) is 88.3 Å². The van der Waals surface area contributed by atoms with Crippen LogP contribution in [0.25, 0.3) is 0 Å². The van der Waals surface area contributed by atoms with Gasteiger partial charge in [-0.25, -0.2) is 0 Å². The first-order valence-electron chi connectivity index (χ1n) is 17.1. The number of aliphatic hydroxyl groups is 1. The summed E-state index contributed by atoms with van der Waals surface area (Å²) in [4.78, 5) is 49.6. The van der Waals surface area contributed by atoms with Gasteiger partial charge < -0.3 is 29.3 Å². The van der Waals surface area contributed by atoms with Crippen LogP contribution in [0.4, 0.5) is 11.4 Å². The highest BCUT2D eigenvalue weighted by atomic mass is 35.5. The standard InChI is InChI=1S/C38H48ClN3O6/c1-6-22-40(27-16-18-28(19-17-27)47-9-4)34(44)30-31-35(45)42(24-11-10-12-25-43)33(38(31)21-20-37(30,8-3)48-38)36(46)41(23-7-2)32-26(5)14-13-15-29(32)39/h6-7,13-19,30-31,33,43H,1-2,8-12,20-25H2,3-5H3/t30-,31+,33?,37+,38?/m1/s1. The number of fused-ring (bicyclic) bond motifs is 1. The minimum absolute atomic E-state index is 0.0468. The number of aliphatic hydroxyl groups excluding tert-OH is 1. The summed E-state index contributed by atoms with van der Waals surface area (Å²) in [6.07, 6.45) is 6.72. The van der Waals surface area contributed by atoms with Crippen LogP contribution >= 0.6 is 11.6 Å². The molecule has 10 heteroatoms. The van der Waals surface area contributed by atoms with E-state index in [0.717, 1.165) is 5.56 Å². The van der Waals surface area contributed by atoms with Gasteiger partial charge >= 0.3 is 0 Å². The lowest BCUT2D eigenvalue weighted by Gasteiger charge is -2.37. The Kier molecular flexibility index (Phi) is 11.0. The average Bonchev–Trinajstić information content (AvgIpc) is 3.68. The number of para-hydroxylation sites is 1. The first-order valence-corrected chi connectivity index (χ1v) is 17.5. The molecule has 48 heavy (non-hydrogen) atoms. The van der Waals surface area contributed by atoms with Gasteiger partial charge in [0, 0.05) is 31.9 Å². The Morgan fingerprint density at radius 3 is 2.38 bits per heavy atom. The Balaban J connectivity index is 1.60. The highest BCUT2D eigenvalue weighted by Gasteiger charge is 2.79. The Morgan fingerprint density at radius 1 is 1.04 bits per heavy atom. The van der Waals surface area contributed by atoms with E-state index in [1.807, 2.05) is 57.2 Å². The second-order valence-electron chi connectivity index (χ2n) is 13.0. The predicted molar refractivity (Wildman–Crippen MR) is 188 cm³/mol. The number of hydrogen-bond donors (Lipinski definition) is 1. The summed E-state index contributed by atoms with van der Waals surface area (Å²) in [6, 6.07) is 11.8. The minimum atomic E-state index is -1.20. The number of unbranched alkanes of at least 4 members (excludes halogenated alkanes) is 2.